The molecule has 3 N–H and O–H groups in total. The van der Waals surface area contributed by atoms with Crippen LogP contribution in [-0.2, 0) is 4.79 Å². The first-order valence-corrected chi connectivity index (χ1v) is 4.18. The molecule has 0 aliphatic heterocycles. The molecule has 0 aromatic heterocycles. The Kier molecular flexibility index (Phi) is 2.53. The van der Waals surface area contributed by atoms with E-state index in [0.29, 0.717) is 0 Å². The fourth-order valence-electron chi connectivity index (χ4n) is 2.77. The van der Waals surface area contributed by atoms with Crippen molar-refractivity contribution >= 4 is 18.4 Å². The van der Waals surface area contributed by atoms with Crippen molar-refractivity contribution in [1.29, 1.82) is 0 Å². The molecule has 0 aromatic rings. The van der Waals surface area contributed by atoms with Gasteiger partial charge in [0.1, 0.15) is 6.04 Å². The van der Waals surface area contributed by atoms with Gasteiger partial charge >= 0.3 is 5.97 Å². The van der Waals surface area contributed by atoms with Gasteiger partial charge in [0.05, 0.1) is 0 Å². The highest BCUT2D eigenvalue weighted by Crippen LogP contribution is 2.76. The maximum atomic E-state index is 12.3. The van der Waals surface area contributed by atoms with E-state index < -0.39 is 29.3 Å². The summed E-state index contributed by atoms with van der Waals surface area (Å²) in [5, 5.41) is 8.62. The van der Waals surface area contributed by atoms with E-state index in [4.69, 9.17) is 10.8 Å². The van der Waals surface area contributed by atoms with Crippen LogP contribution in [0.1, 0.15) is 19.3 Å². The zero-order valence-electron chi connectivity index (χ0n) is 7.37. The number of rotatable bonds is 3. The van der Waals surface area contributed by atoms with E-state index >= 15 is 0 Å². The van der Waals surface area contributed by atoms with Gasteiger partial charge in [-0.05, 0) is 24.7 Å². The molecule has 2 bridgehead atoms. The van der Waals surface area contributed by atoms with Crippen LogP contribution in [0.15, 0.2) is 0 Å². The fraction of sp³-hybridized carbons (Fsp3) is 0.875. The average Bonchev–Trinajstić information content (AvgIpc) is 1.79. The first kappa shape index (κ1) is 11.7. The molecule has 3 rings (SSSR count). The van der Waals surface area contributed by atoms with Crippen LogP contribution >= 0.6 is 12.4 Å². The highest BCUT2D eigenvalue weighted by atomic mass is 35.5. The highest BCUT2D eigenvalue weighted by Gasteiger charge is 2.74. The van der Waals surface area contributed by atoms with Crippen molar-refractivity contribution in [2.45, 2.75) is 31.7 Å². The first-order valence-electron chi connectivity index (χ1n) is 4.18. The van der Waals surface area contributed by atoms with Crippen LogP contribution in [0.5, 0.6) is 0 Å². The van der Waals surface area contributed by atoms with Crippen molar-refractivity contribution < 1.29 is 18.7 Å². The Bertz CT molecular complexity index is 252. The topological polar surface area (TPSA) is 63.3 Å². The highest BCUT2D eigenvalue weighted by molar-refractivity contribution is 5.85. The van der Waals surface area contributed by atoms with E-state index in [1.807, 2.05) is 0 Å². The molecule has 0 amide bonds. The van der Waals surface area contributed by atoms with Gasteiger partial charge in [0, 0.05) is 5.41 Å². The van der Waals surface area contributed by atoms with E-state index in [1.54, 1.807) is 0 Å². The van der Waals surface area contributed by atoms with Gasteiger partial charge in [-0.3, -0.25) is 4.79 Å². The minimum atomic E-state index is -2.32. The smallest absolute Gasteiger partial charge is 0.321 e. The predicted molar refractivity (Wildman–Crippen MR) is 47.6 cm³/mol. The largest absolute Gasteiger partial charge is 0.480 e. The molecule has 0 saturated heterocycles. The molecule has 0 aromatic carbocycles. The maximum absolute atomic E-state index is 12.3. The lowest BCUT2D eigenvalue weighted by Gasteiger charge is -2.71. The Morgan fingerprint density at radius 2 is 1.71 bits per heavy atom. The van der Waals surface area contributed by atoms with Crippen molar-refractivity contribution in [2.75, 3.05) is 0 Å². The summed E-state index contributed by atoms with van der Waals surface area (Å²) in [6, 6.07) is -0.965. The van der Waals surface area contributed by atoms with Gasteiger partial charge in [0.25, 0.3) is 0 Å². The molecule has 6 heteroatoms. The van der Waals surface area contributed by atoms with Crippen LogP contribution in [-0.4, -0.2) is 23.5 Å². The minimum absolute atomic E-state index is 0. The van der Waals surface area contributed by atoms with Crippen LogP contribution in [0.4, 0.5) is 8.78 Å². The van der Waals surface area contributed by atoms with Gasteiger partial charge < -0.3 is 10.8 Å². The van der Waals surface area contributed by atoms with Crippen molar-refractivity contribution in [3.63, 3.8) is 0 Å². The van der Waals surface area contributed by atoms with Crippen LogP contribution in [0.25, 0.3) is 0 Å². The van der Waals surface area contributed by atoms with Crippen LogP contribution < -0.4 is 5.73 Å². The summed E-state index contributed by atoms with van der Waals surface area (Å²) in [5.41, 5.74) is 4.02. The van der Waals surface area contributed by atoms with E-state index in [1.165, 1.54) is 0 Å². The Morgan fingerprint density at radius 1 is 1.29 bits per heavy atom. The third kappa shape index (κ3) is 1.15. The van der Waals surface area contributed by atoms with E-state index in [0.717, 1.165) is 0 Å². The molecule has 1 atom stereocenters. The van der Waals surface area contributed by atoms with Crippen LogP contribution in [0, 0.1) is 10.8 Å². The molecule has 3 aliphatic carbocycles. The summed E-state index contributed by atoms with van der Waals surface area (Å²) in [6.07, 6.45) is -1.48. The minimum Gasteiger partial charge on any atom is -0.480 e. The van der Waals surface area contributed by atoms with Crippen molar-refractivity contribution in [3.8, 4) is 0 Å². The van der Waals surface area contributed by atoms with Crippen LogP contribution in [0.2, 0.25) is 0 Å². The number of carbonyl (C=O) groups is 1. The average molecular weight is 228 g/mol. The Hall–Kier alpha value is -0.420. The van der Waals surface area contributed by atoms with Crippen molar-refractivity contribution in [1.82, 2.24) is 0 Å². The second kappa shape index (κ2) is 3.03. The lowest BCUT2D eigenvalue weighted by Crippen LogP contribution is -2.72. The lowest BCUT2D eigenvalue weighted by molar-refractivity contribution is -0.274. The number of carboxylic acid groups (broad SMARTS) is 1. The Morgan fingerprint density at radius 3 is 2.00 bits per heavy atom. The number of halogens is 3. The lowest BCUT2D eigenvalue weighted by atomic mass is 9.33. The zero-order valence-corrected chi connectivity index (χ0v) is 8.19. The number of aliphatic carboxylic acids is 1. The van der Waals surface area contributed by atoms with Gasteiger partial charge in [-0.2, -0.15) is 0 Å². The summed E-state index contributed by atoms with van der Waals surface area (Å²) in [6.45, 7) is 0. The number of carboxylic acids is 1. The number of nitrogens with two attached hydrogens (primary N) is 1. The van der Waals surface area contributed by atoms with Gasteiger partial charge in [-0.25, -0.2) is 8.78 Å². The third-order valence-corrected chi connectivity index (χ3v) is 3.50. The third-order valence-electron chi connectivity index (χ3n) is 3.50. The molecule has 3 fully saturated rings. The number of hydrogen-bond acceptors (Lipinski definition) is 2. The van der Waals surface area contributed by atoms with E-state index in [2.05, 4.69) is 0 Å². The summed E-state index contributed by atoms with van der Waals surface area (Å²) in [7, 11) is 0. The molecular formula is C8H12ClF2NO2. The van der Waals surface area contributed by atoms with Gasteiger partial charge in [0.15, 0.2) is 0 Å². The normalized spacial score (nSPS) is 40.6. The zero-order chi connectivity index (χ0) is 9.85. The second-order valence-corrected chi connectivity index (χ2v) is 4.37. The monoisotopic (exact) mass is 227 g/mol. The molecule has 3 aliphatic rings. The molecule has 3 nitrogen and oxygen atoms in total. The van der Waals surface area contributed by atoms with Crippen LogP contribution in [0.3, 0.4) is 0 Å². The Labute approximate surface area is 86.1 Å². The van der Waals surface area contributed by atoms with Gasteiger partial charge in [-0.15, -0.1) is 12.4 Å². The molecule has 82 valence electrons. The molecule has 1 unspecified atom stereocenters. The van der Waals surface area contributed by atoms with E-state index in [-0.39, 0.29) is 31.7 Å². The second-order valence-electron chi connectivity index (χ2n) is 4.37. The maximum Gasteiger partial charge on any atom is 0.321 e. The number of hydrogen-bond donors (Lipinski definition) is 2. The molecule has 14 heavy (non-hydrogen) atoms. The molecular weight excluding hydrogens is 216 g/mol. The quantitative estimate of drug-likeness (QED) is 0.763. The summed E-state index contributed by atoms with van der Waals surface area (Å²) in [4.78, 5) is 10.5. The predicted octanol–water partition coefficient (Wildman–Crippen LogP) is 1.26. The molecule has 3 saturated carbocycles. The summed E-state index contributed by atoms with van der Waals surface area (Å²) in [5.74, 6) is -1.08. The standard InChI is InChI=1S/C8H11F2NO2.ClH/c9-6(10)8-1-7(2-8,3-8)4(11)5(12)13;/h4,6H,1-3,11H2,(H,12,13);1H. The molecule has 0 heterocycles. The van der Waals surface area contributed by atoms with Gasteiger partial charge in [-0.1, -0.05) is 0 Å². The van der Waals surface area contributed by atoms with Crippen molar-refractivity contribution in [3.05, 3.63) is 0 Å². The summed E-state index contributed by atoms with van der Waals surface area (Å²) < 4.78 is 24.7. The van der Waals surface area contributed by atoms with E-state index in [9.17, 15) is 13.6 Å². The molecule has 0 spiro atoms. The van der Waals surface area contributed by atoms with Gasteiger partial charge in [0.2, 0.25) is 6.43 Å². The fourth-order valence-corrected chi connectivity index (χ4v) is 2.77. The SMILES string of the molecule is Cl.NC(C(=O)O)C12CC(C(F)F)(C1)C2. The number of alkyl halides is 2. The van der Waals surface area contributed by atoms with Crippen molar-refractivity contribution in [2.24, 2.45) is 16.6 Å². The summed E-state index contributed by atoms with van der Waals surface area (Å²) >= 11 is 0. The Balaban J connectivity index is 0.000000980. The first-order chi connectivity index (χ1) is 5.92. The molecule has 0 radical (unpaired) electrons.